The smallest absolute Gasteiger partial charge is 0.0108 e. The molecule has 20 heavy (non-hydrogen) atoms. The summed E-state index contributed by atoms with van der Waals surface area (Å²) in [5, 5.41) is 0. The minimum absolute atomic E-state index is 0.689. The molecular formula is C20H36. The zero-order valence-electron chi connectivity index (χ0n) is 14.7. The van der Waals surface area contributed by atoms with Crippen LogP contribution in [0.2, 0.25) is 0 Å². The number of hydrogen-bond donors (Lipinski definition) is 0. The van der Waals surface area contributed by atoms with E-state index in [0.717, 1.165) is 12.3 Å². The minimum Gasteiger partial charge on any atom is -0.0850 e. The molecule has 0 N–H and O–H groups in total. The van der Waals surface area contributed by atoms with Gasteiger partial charge in [-0.05, 0) is 38.0 Å². The van der Waals surface area contributed by atoms with Crippen LogP contribution in [0.15, 0.2) is 35.5 Å². The van der Waals surface area contributed by atoms with Crippen LogP contribution >= 0.6 is 0 Å². The highest BCUT2D eigenvalue weighted by atomic mass is 14.1. The van der Waals surface area contributed by atoms with Crippen molar-refractivity contribution in [3.8, 4) is 0 Å². The van der Waals surface area contributed by atoms with Gasteiger partial charge >= 0.3 is 0 Å². The molecule has 2 atom stereocenters. The molecule has 0 saturated heterocycles. The molecule has 0 spiro atoms. The first-order valence-corrected chi connectivity index (χ1v) is 8.55. The maximum atomic E-state index is 2.47. The van der Waals surface area contributed by atoms with E-state index in [4.69, 9.17) is 0 Å². The fourth-order valence-corrected chi connectivity index (χ4v) is 2.13. The van der Waals surface area contributed by atoms with E-state index < -0.39 is 0 Å². The average molecular weight is 277 g/mol. The van der Waals surface area contributed by atoms with Crippen LogP contribution in [-0.2, 0) is 0 Å². The maximum Gasteiger partial charge on any atom is -0.0108 e. The van der Waals surface area contributed by atoms with E-state index in [1.54, 1.807) is 5.57 Å². The molecule has 0 amide bonds. The molecule has 0 rings (SSSR count). The molecule has 0 aliphatic heterocycles. The van der Waals surface area contributed by atoms with Crippen LogP contribution in [0.3, 0.4) is 0 Å². The number of rotatable bonds is 10. The zero-order chi connectivity index (χ0) is 15.4. The highest BCUT2D eigenvalue weighted by Gasteiger charge is 2.04. The normalized spacial score (nSPS) is 16.7. The van der Waals surface area contributed by atoms with Crippen molar-refractivity contribution in [1.82, 2.24) is 0 Å². The quantitative estimate of drug-likeness (QED) is 0.295. The Hall–Kier alpha value is -0.780. The molecule has 0 radical (unpaired) electrons. The van der Waals surface area contributed by atoms with Crippen LogP contribution < -0.4 is 0 Å². The highest BCUT2D eigenvalue weighted by molar-refractivity contribution is 5.19. The Kier molecular flexibility index (Phi) is 11.5. The van der Waals surface area contributed by atoms with Crippen LogP contribution in [0.4, 0.5) is 0 Å². The lowest BCUT2D eigenvalue weighted by molar-refractivity contribution is 0.550. The second-order valence-corrected chi connectivity index (χ2v) is 6.33. The van der Waals surface area contributed by atoms with E-state index in [1.807, 2.05) is 0 Å². The maximum absolute atomic E-state index is 2.47. The lowest BCUT2D eigenvalue weighted by atomic mass is 9.93. The summed E-state index contributed by atoms with van der Waals surface area (Å²) in [4.78, 5) is 0. The lowest BCUT2D eigenvalue weighted by Gasteiger charge is -2.13. The Balaban J connectivity index is 4.55. The summed E-state index contributed by atoms with van der Waals surface area (Å²) in [5.41, 5.74) is 3.11. The molecule has 0 fully saturated rings. The Morgan fingerprint density at radius 1 is 1.05 bits per heavy atom. The van der Waals surface area contributed by atoms with Crippen LogP contribution in [-0.4, -0.2) is 0 Å². The molecule has 0 aliphatic carbocycles. The van der Waals surface area contributed by atoms with E-state index in [2.05, 4.69) is 65.8 Å². The van der Waals surface area contributed by atoms with Gasteiger partial charge in [0.2, 0.25) is 0 Å². The molecule has 0 aromatic heterocycles. The summed E-state index contributed by atoms with van der Waals surface area (Å²) >= 11 is 0. The summed E-state index contributed by atoms with van der Waals surface area (Å²) in [6, 6.07) is 0. The number of unbranched alkanes of at least 4 members (excludes halogenated alkanes) is 1. The molecule has 0 bridgehead atoms. The zero-order valence-corrected chi connectivity index (χ0v) is 14.7. The predicted molar refractivity (Wildman–Crippen MR) is 94.0 cm³/mol. The average Bonchev–Trinajstić information content (AvgIpc) is 2.44. The van der Waals surface area contributed by atoms with Gasteiger partial charge < -0.3 is 0 Å². The van der Waals surface area contributed by atoms with E-state index >= 15 is 0 Å². The molecule has 0 aromatic carbocycles. The number of allylic oxidation sites excluding steroid dienone is 6. The summed E-state index contributed by atoms with van der Waals surface area (Å²) in [7, 11) is 0. The van der Waals surface area contributed by atoms with Crippen molar-refractivity contribution < 1.29 is 0 Å². The topological polar surface area (TPSA) is 0 Å². The summed E-state index contributed by atoms with van der Waals surface area (Å²) < 4.78 is 0. The van der Waals surface area contributed by atoms with Gasteiger partial charge in [-0.3, -0.25) is 0 Å². The monoisotopic (exact) mass is 276 g/mol. The first-order valence-electron chi connectivity index (χ1n) is 8.55. The fraction of sp³-hybridized carbons (Fsp3) is 0.700. The van der Waals surface area contributed by atoms with E-state index in [9.17, 15) is 0 Å². The van der Waals surface area contributed by atoms with Crippen molar-refractivity contribution in [2.45, 2.75) is 80.1 Å². The standard InChI is InChI=1S/C20H36/c1-7-10-14-20(15-18(5)9-3)16-19(6)13-11-12-17(4)8-2/h11-14,17-18H,7-10,15-16H2,1-6H3. The van der Waals surface area contributed by atoms with E-state index in [1.165, 1.54) is 37.7 Å². The lowest BCUT2D eigenvalue weighted by Crippen LogP contribution is -1.96. The van der Waals surface area contributed by atoms with Gasteiger partial charge in [-0.2, -0.15) is 0 Å². The summed E-state index contributed by atoms with van der Waals surface area (Å²) in [6.45, 7) is 13.7. The largest absolute Gasteiger partial charge is 0.0850 e. The van der Waals surface area contributed by atoms with Gasteiger partial charge in [0.05, 0.1) is 0 Å². The third-order valence-corrected chi connectivity index (χ3v) is 4.00. The first-order chi connectivity index (χ1) is 9.53. The van der Waals surface area contributed by atoms with Gasteiger partial charge in [-0.1, -0.05) is 89.3 Å². The Bertz CT molecular complexity index is 317. The van der Waals surface area contributed by atoms with Crippen molar-refractivity contribution in [1.29, 1.82) is 0 Å². The highest BCUT2D eigenvalue weighted by Crippen LogP contribution is 2.22. The van der Waals surface area contributed by atoms with E-state index in [-0.39, 0.29) is 0 Å². The second kappa shape index (κ2) is 12.0. The van der Waals surface area contributed by atoms with Gasteiger partial charge in [0.15, 0.2) is 0 Å². The summed E-state index contributed by atoms with van der Waals surface area (Å²) in [5.74, 6) is 1.50. The van der Waals surface area contributed by atoms with Crippen molar-refractivity contribution in [3.63, 3.8) is 0 Å². The molecule has 0 aliphatic rings. The third kappa shape index (κ3) is 10.1. The minimum atomic E-state index is 0.689. The molecule has 0 nitrogen and oxygen atoms in total. The van der Waals surface area contributed by atoms with Crippen molar-refractivity contribution in [2.75, 3.05) is 0 Å². The third-order valence-electron chi connectivity index (χ3n) is 4.00. The van der Waals surface area contributed by atoms with Gasteiger partial charge in [-0.25, -0.2) is 0 Å². The van der Waals surface area contributed by atoms with Crippen LogP contribution in [0.25, 0.3) is 0 Å². The molecular weight excluding hydrogens is 240 g/mol. The van der Waals surface area contributed by atoms with Gasteiger partial charge in [0, 0.05) is 0 Å². The van der Waals surface area contributed by atoms with E-state index in [0.29, 0.717) is 5.92 Å². The molecule has 0 saturated carbocycles. The van der Waals surface area contributed by atoms with Gasteiger partial charge in [-0.15, -0.1) is 0 Å². The fourth-order valence-electron chi connectivity index (χ4n) is 2.13. The van der Waals surface area contributed by atoms with Crippen LogP contribution in [0.5, 0.6) is 0 Å². The number of hydrogen-bond acceptors (Lipinski definition) is 0. The molecule has 0 aromatic rings. The first kappa shape index (κ1) is 19.2. The molecule has 116 valence electrons. The Morgan fingerprint density at radius 3 is 2.30 bits per heavy atom. The molecule has 0 heterocycles. The van der Waals surface area contributed by atoms with Crippen molar-refractivity contribution >= 4 is 0 Å². The van der Waals surface area contributed by atoms with Crippen molar-refractivity contribution in [2.24, 2.45) is 11.8 Å². The Labute approximate surface area is 128 Å². The SMILES string of the molecule is CCCC=C(CC(C)=CC=CC(C)CC)CC(C)CC. The van der Waals surface area contributed by atoms with Crippen LogP contribution in [0, 0.1) is 11.8 Å². The van der Waals surface area contributed by atoms with Crippen molar-refractivity contribution in [3.05, 3.63) is 35.5 Å². The second-order valence-electron chi connectivity index (χ2n) is 6.33. The molecule has 0 heteroatoms. The van der Waals surface area contributed by atoms with Gasteiger partial charge in [0.1, 0.15) is 0 Å². The predicted octanol–water partition coefficient (Wildman–Crippen LogP) is 7.09. The molecule has 2 unspecified atom stereocenters. The Morgan fingerprint density at radius 2 is 1.75 bits per heavy atom. The van der Waals surface area contributed by atoms with Crippen LogP contribution in [0.1, 0.15) is 80.1 Å². The summed E-state index contributed by atoms with van der Waals surface area (Å²) in [6.07, 6.45) is 16.7. The van der Waals surface area contributed by atoms with Gasteiger partial charge in [0.25, 0.3) is 0 Å².